The molecule has 1 saturated carbocycles. The highest BCUT2D eigenvalue weighted by molar-refractivity contribution is 5.87. The number of nitrogens with zero attached hydrogens (tertiary/aromatic N) is 2. The molecule has 0 atom stereocenters. The van der Waals surface area contributed by atoms with Gasteiger partial charge >= 0.3 is 17.9 Å². The van der Waals surface area contributed by atoms with E-state index in [2.05, 4.69) is 38.8 Å². The zero-order chi connectivity index (χ0) is 43.4. The van der Waals surface area contributed by atoms with Gasteiger partial charge in [-0.2, -0.15) is 10.5 Å². The van der Waals surface area contributed by atoms with E-state index in [-0.39, 0.29) is 56.2 Å². The van der Waals surface area contributed by atoms with Crippen LogP contribution in [0.25, 0.3) is 11.1 Å². The van der Waals surface area contributed by atoms with Crippen molar-refractivity contribution in [2.75, 3.05) is 26.4 Å². The summed E-state index contributed by atoms with van der Waals surface area (Å²) in [6.45, 7) is 17.7. The average Bonchev–Trinajstić information content (AvgIpc) is 3.21. The van der Waals surface area contributed by atoms with Crippen LogP contribution in [-0.4, -0.2) is 44.3 Å². The van der Waals surface area contributed by atoms with Crippen molar-refractivity contribution in [3.05, 3.63) is 89.3 Å². The lowest BCUT2D eigenvalue weighted by molar-refractivity contribution is -0.143. The van der Waals surface area contributed by atoms with Gasteiger partial charge in [0.05, 0.1) is 37.4 Å². The second kappa shape index (κ2) is 24.6. The Hall–Kier alpha value is -5.22. The molecular weight excluding hydrogens is 748 g/mol. The Kier molecular flexibility index (Phi) is 20.1. The molecule has 318 valence electrons. The maximum Gasteiger partial charge on any atom is 0.333 e. The van der Waals surface area contributed by atoms with Gasteiger partial charge in [-0.1, -0.05) is 64.5 Å². The summed E-state index contributed by atoms with van der Waals surface area (Å²) in [4.78, 5) is 36.6. The van der Waals surface area contributed by atoms with Gasteiger partial charge in [0, 0.05) is 35.1 Å². The fourth-order valence-corrected chi connectivity index (χ4v) is 7.42. The molecule has 0 aliphatic heterocycles. The van der Waals surface area contributed by atoms with E-state index in [9.17, 15) is 24.9 Å². The molecule has 2 aromatic rings. The van der Waals surface area contributed by atoms with Crippen molar-refractivity contribution in [3.63, 3.8) is 0 Å². The number of hydrogen-bond acceptors (Lipinski definition) is 9. The summed E-state index contributed by atoms with van der Waals surface area (Å²) in [5.74, 6) is -0.380. The molecule has 0 bridgehead atoms. The maximum absolute atomic E-state index is 16.3. The van der Waals surface area contributed by atoms with Crippen LogP contribution in [-0.2, 0) is 41.4 Å². The summed E-state index contributed by atoms with van der Waals surface area (Å²) in [5.41, 5.74) is 3.17. The van der Waals surface area contributed by atoms with Gasteiger partial charge in [-0.05, 0) is 131 Å². The fourth-order valence-electron chi connectivity index (χ4n) is 7.42. The maximum atomic E-state index is 16.3. The van der Waals surface area contributed by atoms with Crippen molar-refractivity contribution in [1.29, 1.82) is 10.5 Å². The largest absolute Gasteiger partial charge is 0.492 e. The molecule has 0 saturated heterocycles. The van der Waals surface area contributed by atoms with E-state index in [1.54, 1.807) is 19.9 Å². The second-order valence-corrected chi connectivity index (χ2v) is 16.3. The van der Waals surface area contributed by atoms with Crippen molar-refractivity contribution in [2.24, 2.45) is 11.3 Å². The Bertz CT molecular complexity index is 1860. The van der Waals surface area contributed by atoms with Gasteiger partial charge in [0.1, 0.15) is 18.2 Å². The minimum absolute atomic E-state index is 0.104. The van der Waals surface area contributed by atoms with Crippen molar-refractivity contribution in [1.82, 2.24) is 0 Å². The van der Waals surface area contributed by atoms with E-state index in [0.717, 1.165) is 29.9 Å². The quantitative estimate of drug-likeness (QED) is 0.0415. The van der Waals surface area contributed by atoms with E-state index >= 15 is 4.39 Å². The van der Waals surface area contributed by atoms with Crippen LogP contribution in [0.2, 0.25) is 0 Å². The number of rotatable bonds is 25. The SMILES string of the molecule is C=C(C)C(=O)OCCCCc1cc(-c2ccc(C3CCC(CCCCC)CC3)cc2F)cc(CCCOC(=O)C(=C)C)c1OCC(CC#N)(CC#N)COC(=O)C(=C)C. The Balaban J connectivity index is 2.04. The first-order chi connectivity index (χ1) is 28.2. The third-order valence-corrected chi connectivity index (χ3v) is 11.0. The van der Waals surface area contributed by atoms with Gasteiger partial charge in [-0.25, -0.2) is 18.8 Å². The molecule has 2 aromatic carbocycles. The van der Waals surface area contributed by atoms with Gasteiger partial charge in [-0.3, -0.25) is 0 Å². The molecule has 10 heteroatoms. The summed E-state index contributed by atoms with van der Waals surface area (Å²) in [7, 11) is 0. The Morgan fingerprint density at radius 3 is 1.85 bits per heavy atom. The normalized spacial score (nSPS) is 15.0. The molecule has 1 fully saturated rings. The van der Waals surface area contributed by atoms with Gasteiger partial charge in [0.25, 0.3) is 0 Å². The molecule has 59 heavy (non-hydrogen) atoms. The monoisotopic (exact) mass is 810 g/mol. The fraction of sp³-hybridized carbons (Fsp3) is 0.531. The van der Waals surface area contributed by atoms with Crippen molar-refractivity contribution in [3.8, 4) is 29.0 Å². The summed E-state index contributed by atoms with van der Waals surface area (Å²) < 4.78 is 39.1. The van der Waals surface area contributed by atoms with Crippen LogP contribution in [0.4, 0.5) is 4.39 Å². The van der Waals surface area contributed by atoms with Crippen LogP contribution in [0.15, 0.2) is 66.8 Å². The van der Waals surface area contributed by atoms with Crippen molar-refractivity contribution < 1.29 is 37.7 Å². The van der Waals surface area contributed by atoms with Crippen LogP contribution >= 0.6 is 0 Å². The molecule has 1 aliphatic carbocycles. The van der Waals surface area contributed by atoms with Crippen molar-refractivity contribution in [2.45, 2.75) is 130 Å². The molecule has 3 rings (SSSR count). The third kappa shape index (κ3) is 15.5. The Morgan fingerprint density at radius 2 is 1.31 bits per heavy atom. The van der Waals surface area contributed by atoms with Crippen LogP contribution in [0.1, 0.15) is 134 Å². The lowest BCUT2D eigenvalue weighted by Crippen LogP contribution is -2.35. The molecule has 0 radical (unpaired) electrons. The minimum Gasteiger partial charge on any atom is -0.492 e. The first-order valence-corrected chi connectivity index (χ1v) is 21.0. The third-order valence-electron chi connectivity index (χ3n) is 11.0. The van der Waals surface area contributed by atoms with E-state index in [0.29, 0.717) is 66.0 Å². The highest BCUT2D eigenvalue weighted by Gasteiger charge is 2.34. The standard InChI is InChI=1S/C49H63FN2O7/c1-8-9-10-14-37-17-19-38(20-18-37)39-21-22-43(44(50)31-39)42-29-40(15-11-12-27-56-46(53)34(2)3)45(41(30-42)16-13-28-57-47(54)35(4)5)58-32-49(23-25-51,24-26-52)33-59-48(55)36(6)7/h21-22,29-31,37-38H,2,4,6,8-20,23-24,27-28,32-33H2,1,3,5,7H3. The summed E-state index contributed by atoms with van der Waals surface area (Å²) in [6, 6.07) is 13.6. The number of carbonyl (C=O) groups excluding carboxylic acids is 3. The number of carbonyl (C=O) groups is 3. The van der Waals surface area contributed by atoms with E-state index < -0.39 is 23.3 Å². The highest BCUT2D eigenvalue weighted by Crippen LogP contribution is 2.41. The van der Waals surface area contributed by atoms with Crippen molar-refractivity contribution >= 4 is 17.9 Å². The van der Waals surface area contributed by atoms with Gasteiger partial charge in [0.2, 0.25) is 0 Å². The lowest BCUT2D eigenvalue weighted by Gasteiger charge is -2.30. The molecule has 0 spiro atoms. The van der Waals surface area contributed by atoms with E-state index in [4.69, 9.17) is 18.9 Å². The van der Waals surface area contributed by atoms with Gasteiger partial charge in [-0.15, -0.1) is 0 Å². The second-order valence-electron chi connectivity index (χ2n) is 16.3. The van der Waals surface area contributed by atoms with Crippen LogP contribution in [0, 0.1) is 39.8 Å². The van der Waals surface area contributed by atoms with Crippen LogP contribution < -0.4 is 4.74 Å². The number of benzene rings is 2. The number of esters is 3. The number of unbranched alkanes of at least 4 members (excludes halogenated alkanes) is 3. The molecule has 0 N–H and O–H groups in total. The van der Waals surface area contributed by atoms with E-state index in [1.165, 1.54) is 45.4 Å². The summed E-state index contributed by atoms with van der Waals surface area (Å²) in [5, 5.41) is 19.6. The van der Waals surface area contributed by atoms with Crippen LogP contribution in [0.3, 0.4) is 0 Å². The molecule has 0 aromatic heterocycles. The average molecular weight is 811 g/mol. The molecule has 0 amide bonds. The number of ether oxygens (including phenoxy) is 4. The zero-order valence-electron chi connectivity index (χ0n) is 35.7. The van der Waals surface area contributed by atoms with Crippen LogP contribution in [0.5, 0.6) is 5.75 Å². The predicted octanol–water partition coefficient (Wildman–Crippen LogP) is 11.2. The molecule has 9 nitrogen and oxygen atoms in total. The molecule has 1 aliphatic rings. The first kappa shape index (κ1) is 48.2. The number of nitriles is 2. The number of hydrogen-bond donors (Lipinski definition) is 0. The Morgan fingerprint density at radius 1 is 0.746 bits per heavy atom. The first-order valence-electron chi connectivity index (χ1n) is 21.0. The summed E-state index contributed by atoms with van der Waals surface area (Å²) >= 11 is 0. The topological polar surface area (TPSA) is 136 Å². The predicted molar refractivity (Wildman–Crippen MR) is 228 cm³/mol. The van der Waals surface area contributed by atoms with Gasteiger partial charge in [0.15, 0.2) is 0 Å². The summed E-state index contributed by atoms with van der Waals surface area (Å²) in [6.07, 6.45) is 11.6. The minimum atomic E-state index is -1.16. The molecular formula is C49H63FN2O7. The number of halogens is 1. The Labute approximate surface area is 351 Å². The number of aryl methyl sites for hydroxylation is 2. The zero-order valence-corrected chi connectivity index (χ0v) is 35.7. The smallest absolute Gasteiger partial charge is 0.333 e. The van der Waals surface area contributed by atoms with E-state index in [1.807, 2.05) is 24.3 Å². The van der Waals surface area contributed by atoms with Gasteiger partial charge < -0.3 is 18.9 Å². The highest BCUT2D eigenvalue weighted by atomic mass is 19.1. The lowest BCUT2D eigenvalue weighted by atomic mass is 9.77. The molecule has 0 unspecified atom stereocenters. The molecule has 0 heterocycles.